The van der Waals surface area contributed by atoms with Crippen molar-refractivity contribution in [3.8, 4) is 11.5 Å². The van der Waals surface area contributed by atoms with Crippen LogP contribution in [0.25, 0.3) is 0 Å². The van der Waals surface area contributed by atoms with E-state index in [2.05, 4.69) is 5.32 Å². The van der Waals surface area contributed by atoms with Crippen LogP contribution in [-0.2, 0) is 4.79 Å². The van der Waals surface area contributed by atoms with Crippen LogP contribution in [0.15, 0.2) is 24.3 Å². The molecule has 1 atom stereocenters. The van der Waals surface area contributed by atoms with Gasteiger partial charge in [0.25, 0.3) is 5.91 Å². The SMILES string of the molecule is CC(C)CNC(=O)C1COc2ccccc2O1. The molecule has 0 fully saturated rings. The van der Waals surface area contributed by atoms with E-state index in [-0.39, 0.29) is 12.5 Å². The van der Waals surface area contributed by atoms with Gasteiger partial charge in [-0.3, -0.25) is 4.79 Å². The van der Waals surface area contributed by atoms with E-state index in [9.17, 15) is 4.79 Å². The Hall–Kier alpha value is -1.71. The zero-order chi connectivity index (χ0) is 12.3. The molecule has 0 bridgehead atoms. The molecule has 2 rings (SSSR count). The van der Waals surface area contributed by atoms with Gasteiger partial charge in [0.05, 0.1) is 0 Å². The molecule has 1 aliphatic heterocycles. The zero-order valence-corrected chi connectivity index (χ0v) is 10.1. The highest BCUT2D eigenvalue weighted by Crippen LogP contribution is 2.30. The van der Waals surface area contributed by atoms with Crippen molar-refractivity contribution in [3.63, 3.8) is 0 Å². The first-order valence-electron chi connectivity index (χ1n) is 5.83. The molecular weight excluding hydrogens is 218 g/mol. The van der Waals surface area contributed by atoms with Crippen molar-refractivity contribution in [2.24, 2.45) is 5.92 Å². The highest BCUT2D eigenvalue weighted by atomic mass is 16.6. The highest BCUT2D eigenvalue weighted by Gasteiger charge is 2.26. The molecule has 0 saturated carbocycles. The lowest BCUT2D eigenvalue weighted by Gasteiger charge is -2.25. The van der Waals surface area contributed by atoms with Crippen molar-refractivity contribution in [3.05, 3.63) is 24.3 Å². The number of carbonyl (C=O) groups excluding carboxylic acids is 1. The van der Waals surface area contributed by atoms with Crippen LogP contribution < -0.4 is 14.8 Å². The molecule has 17 heavy (non-hydrogen) atoms. The maximum absolute atomic E-state index is 11.8. The molecule has 0 spiro atoms. The number of nitrogens with one attached hydrogen (secondary N) is 1. The minimum absolute atomic E-state index is 0.117. The molecule has 4 nitrogen and oxygen atoms in total. The van der Waals surface area contributed by atoms with E-state index in [4.69, 9.17) is 9.47 Å². The van der Waals surface area contributed by atoms with E-state index in [0.717, 1.165) is 0 Å². The van der Waals surface area contributed by atoms with Crippen LogP contribution in [0.1, 0.15) is 13.8 Å². The lowest BCUT2D eigenvalue weighted by atomic mass is 10.2. The molecular formula is C13H17NO3. The third-order valence-corrected chi connectivity index (χ3v) is 2.49. The summed E-state index contributed by atoms with van der Waals surface area (Å²) in [5.74, 6) is 1.63. The second-order valence-electron chi connectivity index (χ2n) is 4.50. The fourth-order valence-electron chi connectivity index (χ4n) is 1.57. The molecule has 1 aromatic carbocycles. The summed E-state index contributed by atoms with van der Waals surface area (Å²) in [6, 6.07) is 7.37. The Kier molecular flexibility index (Phi) is 3.52. The van der Waals surface area contributed by atoms with Crippen LogP contribution in [0.4, 0.5) is 0 Å². The van der Waals surface area contributed by atoms with Crippen molar-refractivity contribution in [2.45, 2.75) is 20.0 Å². The molecule has 4 heteroatoms. The number of hydrogen-bond donors (Lipinski definition) is 1. The molecule has 0 radical (unpaired) electrons. The second kappa shape index (κ2) is 5.08. The van der Waals surface area contributed by atoms with Crippen LogP contribution in [0.5, 0.6) is 11.5 Å². The van der Waals surface area contributed by atoms with Gasteiger partial charge in [0.1, 0.15) is 6.61 Å². The lowest BCUT2D eigenvalue weighted by Crippen LogP contribution is -2.44. The molecule has 1 aromatic rings. The highest BCUT2D eigenvalue weighted by molar-refractivity contribution is 5.81. The maximum atomic E-state index is 11.8. The number of amides is 1. The Morgan fingerprint density at radius 1 is 1.41 bits per heavy atom. The number of carbonyl (C=O) groups is 1. The van der Waals surface area contributed by atoms with Crippen LogP contribution in [0.3, 0.4) is 0 Å². The number of benzene rings is 1. The van der Waals surface area contributed by atoms with Crippen molar-refractivity contribution < 1.29 is 14.3 Å². The van der Waals surface area contributed by atoms with Crippen LogP contribution in [-0.4, -0.2) is 25.2 Å². The first kappa shape index (κ1) is 11.8. The van der Waals surface area contributed by atoms with E-state index in [0.29, 0.717) is 24.0 Å². The molecule has 92 valence electrons. The third kappa shape index (κ3) is 2.90. The van der Waals surface area contributed by atoms with Gasteiger partial charge in [0.15, 0.2) is 11.5 Å². The number of hydrogen-bond acceptors (Lipinski definition) is 3. The molecule has 1 aliphatic rings. The molecule has 1 N–H and O–H groups in total. The van der Waals surface area contributed by atoms with Crippen molar-refractivity contribution in [1.82, 2.24) is 5.32 Å². The Balaban J connectivity index is 1.95. The Morgan fingerprint density at radius 3 is 2.82 bits per heavy atom. The number of rotatable bonds is 3. The fraction of sp³-hybridized carbons (Fsp3) is 0.462. The average molecular weight is 235 g/mol. The Morgan fingerprint density at radius 2 is 2.12 bits per heavy atom. The normalized spacial score (nSPS) is 17.9. The molecule has 1 amide bonds. The summed E-state index contributed by atoms with van der Waals surface area (Å²) in [4.78, 5) is 11.8. The summed E-state index contributed by atoms with van der Waals surface area (Å²) in [6.07, 6.45) is -0.552. The summed E-state index contributed by atoms with van der Waals surface area (Å²) < 4.78 is 11.1. The van der Waals surface area contributed by atoms with E-state index in [1.54, 1.807) is 6.07 Å². The van der Waals surface area contributed by atoms with Gasteiger partial charge in [-0.1, -0.05) is 26.0 Å². The number of fused-ring (bicyclic) bond motifs is 1. The molecule has 0 aliphatic carbocycles. The third-order valence-electron chi connectivity index (χ3n) is 2.49. The van der Waals surface area contributed by atoms with Gasteiger partial charge in [0, 0.05) is 6.54 Å². The predicted molar refractivity (Wildman–Crippen MR) is 64.2 cm³/mol. The number of para-hydroxylation sites is 2. The summed E-state index contributed by atoms with van der Waals surface area (Å²) in [6.45, 7) is 5.02. The van der Waals surface area contributed by atoms with Crippen LogP contribution >= 0.6 is 0 Å². The minimum atomic E-state index is -0.552. The quantitative estimate of drug-likeness (QED) is 0.865. The van der Waals surface area contributed by atoms with Crippen LogP contribution in [0, 0.1) is 5.92 Å². The summed E-state index contributed by atoms with van der Waals surface area (Å²) in [7, 11) is 0. The van der Waals surface area contributed by atoms with Gasteiger partial charge in [-0.15, -0.1) is 0 Å². The maximum Gasteiger partial charge on any atom is 0.264 e. The lowest BCUT2D eigenvalue weighted by molar-refractivity contribution is -0.130. The Labute approximate surface area is 101 Å². The smallest absolute Gasteiger partial charge is 0.264 e. The standard InChI is InChI=1S/C13H17NO3/c1-9(2)7-14-13(15)12-8-16-10-5-3-4-6-11(10)17-12/h3-6,9,12H,7-8H2,1-2H3,(H,14,15). The molecule has 0 aromatic heterocycles. The molecule has 1 unspecified atom stereocenters. The van der Waals surface area contributed by atoms with Gasteiger partial charge >= 0.3 is 0 Å². The summed E-state index contributed by atoms with van der Waals surface area (Å²) in [5.41, 5.74) is 0. The average Bonchev–Trinajstić information content (AvgIpc) is 2.35. The first-order valence-corrected chi connectivity index (χ1v) is 5.83. The van der Waals surface area contributed by atoms with E-state index in [1.165, 1.54) is 0 Å². The van der Waals surface area contributed by atoms with Crippen molar-refractivity contribution in [1.29, 1.82) is 0 Å². The van der Waals surface area contributed by atoms with E-state index >= 15 is 0 Å². The van der Waals surface area contributed by atoms with Gasteiger partial charge in [-0.05, 0) is 18.1 Å². The second-order valence-corrected chi connectivity index (χ2v) is 4.50. The molecule has 1 heterocycles. The Bertz CT molecular complexity index is 403. The first-order chi connectivity index (χ1) is 8.16. The topological polar surface area (TPSA) is 47.6 Å². The predicted octanol–water partition coefficient (Wildman–Crippen LogP) is 1.60. The van der Waals surface area contributed by atoms with Gasteiger partial charge in [0.2, 0.25) is 6.10 Å². The monoisotopic (exact) mass is 235 g/mol. The number of ether oxygens (including phenoxy) is 2. The van der Waals surface area contributed by atoms with Crippen LogP contribution in [0.2, 0.25) is 0 Å². The fourth-order valence-corrected chi connectivity index (χ4v) is 1.57. The van der Waals surface area contributed by atoms with E-state index in [1.807, 2.05) is 32.0 Å². The molecule has 0 saturated heterocycles. The van der Waals surface area contributed by atoms with Crippen molar-refractivity contribution >= 4 is 5.91 Å². The van der Waals surface area contributed by atoms with Gasteiger partial charge in [-0.25, -0.2) is 0 Å². The van der Waals surface area contributed by atoms with Gasteiger partial charge < -0.3 is 14.8 Å². The summed E-state index contributed by atoms with van der Waals surface area (Å²) in [5, 5.41) is 2.84. The minimum Gasteiger partial charge on any atom is -0.485 e. The van der Waals surface area contributed by atoms with E-state index < -0.39 is 6.10 Å². The van der Waals surface area contributed by atoms with Gasteiger partial charge in [-0.2, -0.15) is 0 Å². The summed E-state index contributed by atoms with van der Waals surface area (Å²) >= 11 is 0. The largest absolute Gasteiger partial charge is 0.485 e. The zero-order valence-electron chi connectivity index (χ0n) is 10.1. The van der Waals surface area contributed by atoms with Crippen molar-refractivity contribution in [2.75, 3.05) is 13.2 Å².